The van der Waals surface area contributed by atoms with Gasteiger partial charge in [0, 0.05) is 13.0 Å². The van der Waals surface area contributed by atoms with Crippen LogP contribution in [0.5, 0.6) is 5.75 Å². The van der Waals surface area contributed by atoms with Crippen LogP contribution in [0.15, 0.2) is 24.3 Å². The molecular weight excluding hydrogens is 346 g/mol. The summed E-state index contributed by atoms with van der Waals surface area (Å²) in [4.78, 5) is 40.2. The number of nitrogens with zero attached hydrogens (tertiary/aromatic N) is 1. The number of benzene rings is 1. The Kier molecular flexibility index (Phi) is 5.68. The van der Waals surface area contributed by atoms with Crippen molar-refractivity contribution in [2.24, 2.45) is 5.92 Å². The Balaban J connectivity index is 1.86. The molecular formula is C20H27N3O4. The Hall–Kier alpha value is -2.57. The molecule has 2 saturated heterocycles. The van der Waals surface area contributed by atoms with Crippen LogP contribution in [0.25, 0.3) is 0 Å². The molecule has 0 spiro atoms. The van der Waals surface area contributed by atoms with Gasteiger partial charge in [0.05, 0.1) is 0 Å². The van der Waals surface area contributed by atoms with Crippen LogP contribution >= 0.6 is 0 Å². The molecule has 7 heteroatoms. The second-order valence-electron chi connectivity index (χ2n) is 7.81. The maximum absolute atomic E-state index is 13.0. The quantitative estimate of drug-likeness (QED) is 0.732. The lowest BCUT2D eigenvalue weighted by atomic mass is 10.0. The molecule has 1 aromatic carbocycles. The van der Waals surface area contributed by atoms with Crippen molar-refractivity contribution in [3.05, 3.63) is 29.8 Å². The van der Waals surface area contributed by atoms with Crippen molar-refractivity contribution in [2.45, 2.75) is 57.7 Å². The van der Waals surface area contributed by atoms with E-state index in [0.717, 1.165) is 12.0 Å². The number of carbonyl (C=O) groups is 3. The van der Waals surface area contributed by atoms with E-state index in [-0.39, 0.29) is 29.4 Å². The number of aromatic hydroxyl groups is 1. The van der Waals surface area contributed by atoms with Gasteiger partial charge in [-0.3, -0.25) is 14.4 Å². The Morgan fingerprint density at radius 3 is 2.41 bits per heavy atom. The molecule has 0 aliphatic carbocycles. The summed E-state index contributed by atoms with van der Waals surface area (Å²) >= 11 is 0. The lowest BCUT2D eigenvalue weighted by Gasteiger charge is -2.27. The molecule has 0 aromatic heterocycles. The maximum atomic E-state index is 13.0. The fourth-order valence-electron chi connectivity index (χ4n) is 3.81. The summed E-state index contributed by atoms with van der Waals surface area (Å²) in [5, 5.41) is 15.1. The highest BCUT2D eigenvalue weighted by molar-refractivity contribution is 5.97. The molecule has 0 radical (unpaired) electrons. The van der Waals surface area contributed by atoms with Crippen molar-refractivity contribution in [3.63, 3.8) is 0 Å². The number of carbonyl (C=O) groups excluding carboxylic acids is 3. The van der Waals surface area contributed by atoms with Crippen molar-refractivity contribution in [1.82, 2.24) is 15.5 Å². The first-order valence-corrected chi connectivity index (χ1v) is 9.54. The highest BCUT2D eigenvalue weighted by atomic mass is 16.3. The fraction of sp³-hybridized carbons (Fsp3) is 0.550. The van der Waals surface area contributed by atoms with Crippen LogP contribution in [0.2, 0.25) is 0 Å². The minimum atomic E-state index is -0.759. The normalized spacial score (nSPS) is 26.1. The van der Waals surface area contributed by atoms with Crippen LogP contribution < -0.4 is 10.6 Å². The third kappa shape index (κ3) is 4.40. The van der Waals surface area contributed by atoms with Gasteiger partial charge < -0.3 is 20.6 Å². The molecule has 2 heterocycles. The average molecular weight is 373 g/mol. The molecule has 2 fully saturated rings. The van der Waals surface area contributed by atoms with Crippen LogP contribution in [0.3, 0.4) is 0 Å². The Morgan fingerprint density at radius 1 is 1.07 bits per heavy atom. The predicted molar refractivity (Wildman–Crippen MR) is 99.9 cm³/mol. The highest BCUT2D eigenvalue weighted by Gasteiger charge is 2.41. The van der Waals surface area contributed by atoms with Crippen molar-refractivity contribution < 1.29 is 19.5 Å². The molecule has 3 unspecified atom stereocenters. The number of hydrogen-bond acceptors (Lipinski definition) is 4. The molecule has 3 amide bonds. The average Bonchev–Trinajstić information content (AvgIpc) is 3.11. The monoisotopic (exact) mass is 373 g/mol. The van der Waals surface area contributed by atoms with Crippen LogP contribution in [0, 0.1) is 5.92 Å². The van der Waals surface area contributed by atoms with E-state index in [9.17, 15) is 19.5 Å². The lowest BCUT2D eigenvalue weighted by Crippen LogP contribution is -2.52. The molecule has 146 valence electrons. The van der Waals surface area contributed by atoms with Gasteiger partial charge in [-0.1, -0.05) is 26.0 Å². The number of nitrogens with one attached hydrogen (secondary N) is 2. The minimum absolute atomic E-state index is 0.144. The summed E-state index contributed by atoms with van der Waals surface area (Å²) < 4.78 is 0. The van der Waals surface area contributed by atoms with Gasteiger partial charge in [0.2, 0.25) is 17.7 Å². The molecule has 0 saturated carbocycles. The standard InChI is InChI=1S/C20H27N3O4/c1-12(2)10-16-20(27)23-9-3-4-17(23)19(26)21-15(18(25)22-16)11-13-5-7-14(24)8-6-13/h5-8,12,15-17,24H,3-4,9-11H2,1-2H3,(H,21,26)(H,22,25). The molecule has 7 nitrogen and oxygen atoms in total. The summed E-state index contributed by atoms with van der Waals surface area (Å²) in [6.45, 7) is 4.56. The van der Waals surface area contributed by atoms with Gasteiger partial charge >= 0.3 is 0 Å². The summed E-state index contributed by atoms with van der Waals surface area (Å²) in [6, 6.07) is 4.66. The number of amides is 3. The summed E-state index contributed by atoms with van der Waals surface area (Å²) in [7, 11) is 0. The topological polar surface area (TPSA) is 98.7 Å². The van der Waals surface area contributed by atoms with E-state index in [1.165, 1.54) is 0 Å². The van der Waals surface area contributed by atoms with E-state index < -0.39 is 18.1 Å². The largest absolute Gasteiger partial charge is 0.508 e. The number of rotatable bonds is 4. The van der Waals surface area contributed by atoms with Crippen molar-refractivity contribution in [2.75, 3.05) is 6.54 Å². The third-order valence-electron chi connectivity index (χ3n) is 5.17. The molecule has 2 aliphatic heterocycles. The van der Waals surface area contributed by atoms with Gasteiger partial charge in [0.25, 0.3) is 0 Å². The van der Waals surface area contributed by atoms with E-state index >= 15 is 0 Å². The number of phenols is 1. The highest BCUT2D eigenvalue weighted by Crippen LogP contribution is 2.22. The van der Waals surface area contributed by atoms with Gasteiger partial charge in [0.1, 0.15) is 23.9 Å². The van der Waals surface area contributed by atoms with Crippen LogP contribution in [-0.4, -0.2) is 52.4 Å². The summed E-state index contributed by atoms with van der Waals surface area (Å²) in [5.41, 5.74) is 0.822. The van der Waals surface area contributed by atoms with Crippen molar-refractivity contribution >= 4 is 17.7 Å². The zero-order chi connectivity index (χ0) is 19.6. The number of fused-ring (bicyclic) bond motifs is 1. The van der Waals surface area contributed by atoms with Crippen molar-refractivity contribution in [1.29, 1.82) is 0 Å². The fourth-order valence-corrected chi connectivity index (χ4v) is 3.81. The maximum Gasteiger partial charge on any atom is 0.245 e. The van der Waals surface area contributed by atoms with Crippen LogP contribution in [-0.2, 0) is 20.8 Å². The smallest absolute Gasteiger partial charge is 0.245 e. The van der Waals surface area contributed by atoms with Gasteiger partial charge in [-0.2, -0.15) is 0 Å². The molecule has 3 rings (SSSR count). The van der Waals surface area contributed by atoms with Crippen LogP contribution in [0.1, 0.15) is 38.7 Å². The Morgan fingerprint density at radius 2 is 1.74 bits per heavy atom. The van der Waals surface area contributed by atoms with Gasteiger partial charge in [-0.15, -0.1) is 0 Å². The van der Waals surface area contributed by atoms with Gasteiger partial charge in [0.15, 0.2) is 0 Å². The van der Waals surface area contributed by atoms with E-state index in [4.69, 9.17) is 0 Å². The molecule has 3 atom stereocenters. The zero-order valence-electron chi connectivity index (χ0n) is 15.8. The second-order valence-corrected chi connectivity index (χ2v) is 7.81. The van der Waals surface area contributed by atoms with E-state index in [1.54, 1.807) is 29.2 Å². The third-order valence-corrected chi connectivity index (χ3v) is 5.17. The Bertz CT molecular complexity index is 716. The molecule has 1 aromatic rings. The lowest BCUT2D eigenvalue weighted by molar-refractivity contribution is -0.140. The zero-order valence-corrected chi connectivity index (χ0v) is 15.8. The van der Waals surface area contributed by atoms with Crippen molar-refractivity contribution in [3.8, 4) is 5.75 Å². The molecule has 2 aliphatic rings. The van der Waals surface area contributed by atoms with E-state index in [2.05, 4.69) is 10.6 Å². The summed E-state index contributed by atoms with van der Waals surface area (Å²) in [5.74, 6) is -0.410. The van der Waals surface area contributed by atoms with Crippen LogP contribution in [0.4, 0.5) is 0 Å². The minimum Gasteiger partial charge on any atom is -0.508 e. The number of phenolic OH excluding ortho intramolecular Hbond substituents is 1. The number of hydrogen-bond donors (Lipinski definition) is 3. The second kappa shape index (κ2) is 7.98. The molecule has 3 N–H and O–H groups in total. The molecule has 27 heavy (non-hydrogen) atoms. The predicted octanol–water partition coefficient (Wildman–Crippen LogP) is 0.955. The Labute approximate surface area is 159 Å². The molecule has 0 bridgehead atoms. The first-order valence-electron chi connectivity index (χ1n) is 9.54. The van der Waals surface area contributed by atoms with Gasteiger partial charge in [-0.25, -0.2) is 0 Å². The first kappa shape index (κ1) is 19.2. The van der Waals surface area contributed by atoms with Gasteiger partial charge in [-0.05, 0) is 42.9 Å². The van der Waals surface area contributed by atoms with E-state index in [0.29, 0.717) is 25.8 Å². The van der Waals surface area contributed by atoms with E-state index in [1.807, 2.05) is 13.8 Å². The summed E-state index contributed by atoms with van der Waals surface area (Å²) in [6.07, 6.45) is 2.24. The first-order chi connectivity index (χ1) is 12.8. The SMILES string of the molecule is CC(C)CC1NC(=O)C(Cc2ccc(O)cc2)NC(=O)C2CCCN2C1=O.